The molecule has 2 aliphatic rings. The third-order valence-corrected chi connectivity index (χ3v) is 4.24. The number of nitrogens with zero attached hydrogens (tertiary/aromatic N) is 1. The van der Waals surface area contributed by atoms with Crippen molar-refractivity contribution in [2.75, 3.05) is 13.1 Å². The quantitative estimate of drug-likeness (QED) is 0.885. The molecule has 1 saturated heterocycles. The number of aliphatic carboxylic acids is 1. The maximum absolute atomic E-state index is 11.3. The normalized spacial score (nSPS) is 22.0. The predicted octanol–water partition coefficient (Wildman–Crippen LogP) is 2.40. The smallest absolute Gasteiger partial charge is 0.314 e. The van der Waals surface area contributed by atoms with Crippen LogP contribution in [0, 0.1) is 0 Å². The van der Waals surface area contributed by atoms with Crippen molar-refractivity contribution in [1.82, 2.24) is 4.90 Å². The average molecular weight is 245 g/mol. The van der Waals surface area contributed by atoms with Gasteiger partial charge in [0.2, 0.25) is 0 Å². The van der Waals surface area contributed by atoms with Gasteiger partial charge in [-0.25, -0.2) is 0 Å². The van der Waals surface area contributed by atoms with Gasteiger partial charge in [0.1, 0.15) is 0 Å². The summed E-state index contributed by atoms with van der Waals surface area (Å²) in [6.07, 6.45) is 4.16. The minimum atomic E-state index is -0.666. The second kappa shape index (κ2) is 4.39. The van der Waals surface area contributed by atoms with Crippen molar-refractivity contribution >= 4 is 5.97 Å². The molecule has 1 aromatic rings. The van der Waals surface area contributed by atoms with Crippen molar-refractivity contribution in [3.8, 4) is 0 Å². The lowest BCUT2D eigenvalue weighted by molar-refractivity contribution is -0.140. The monoisotopic (exact) mass is 245 g/mol. The molecule has 3 nitrogen and oxygen atoms in total. The summed E-state index contributed by atoms with van der Waals surface area (Å²) in [4.78, 5) is 13.8. The topological polar surface area (TPSA) is 40.5 Å². The highest BCUT2D eigenvalue weighted by atomic mass is 16.4. The van der Waals surface area contributed by atoms with Crippen molar-refractivity contribution in [3.63, 3.8) is 0 Å². The minimum absolute atomic E-state index is 0.568. The Kier molecular flexibility index (Phi) is 2.86. The fourth-order valence-corrected chi connectivity index (χ4v) is 2.92. The molecule has 1 aliphatic heterocycles. The first kappa shape index (κ1) is 11.7. The second-order valence-electron chi connectivity index (χ2n) is 5.57. The van der Waals surface area contributed by atoms with Gasteiger partial charge in [-0.1, -0.05) is 24.3 Å². The van der Waals surface area contributed by atoms with Crippen molar-refractivity contribution in [1.29, 1.82) is 0 Å². The number of likely N-dealkylation sites (tertiary alicyclic amines) is 1. The fourth-order valence-electron chi connectivity index (χ4n) is 2.92. The number of carboxylic acids is 1. The van der Waals surface area contributed by atoms with Crippen LogP contribution >= 0.6 is 0 Å². The summed E-state index contributed by atoms with van der Waals surface area (Å²) in [6.45, 7) is 3.31. The van der Waals surface area contributed by atoms with Crippen LogP contribution in [0.25, 0.3) is 0 Å². The molecule has 96 valence electrons. The first-order valence-electron chi connectivity index (χ1n) is 6.76. The lowest BCUT2D eigenvalue weighted by Crippen LogP contribution is -2.21. The van der Waals surface area contributed by atoms with Gasteiger partial charge >= 0.3 is 5.97 Å². The Morgan fingerprint density at radius 3 is 2.61 bits per heavy atom. The van der Waals surface area contributed by atoms with E-state index in [0.717, 1.165) is 24.9 Å². The van der Waals surface area contributed by atoms with E-state index in [2.05, 4.69) is 17.0 Å². The summed E-state index contributed by atoms with van der Waals surface area (Å²) >= 11 is 0. The summed E-state index contributed by atoms with van der Waals surface area (Å²) in [7, 11) is 0. The molecule has 1 aromatic carbocycles. The summed E-state index contributed by atoms with van der Waals surface area (Å²) in [5.74, 6) is -0.666. The molecular formula is C15H19NO2. The molecule has 0 aromatic heterocycles. The maximum Gasteiger partial charge on any atom is 0.314 e. The van der Waals surface area contributed by atoms with Gasteiger partial charge in [-0.15, -0.1) is 0 Å². The Balaban J connectivity index is 1.79. The Hall–Kier alpha value is -1.35. The van der Waals surface area contributed by atoms with E-state index < -0.39 is 11.4 Å². The summed E-state index contributed by atoms with van der Waals surface area (Å²) in [5.41, 5.74) is 1.68. The lowest BCUT2D eigenvalue weighted by atomic mass is 9.94. The zero-order valence-electron chi connectivity index (χ0n) is 10.6. The molecular weight excluding hydrogens is 226 g/mol. The van der Waals surface area contributed by atoms with Crippen LogP contribution < -0.4 is 0 Å². The van der Waals surface area contributed by atoms with E-state index in [-0.39, 0.29) is 0 Å². The third-order valence-electron chi connectivity index (χ3n) is 4.24. The Labute approximate surface area is 107 Å². The second-order valence-corrected chi connectivity index (χ2v) is 5.57. The van der Waals surface area contributed by atoms with E-state index in [1.54, 1.807) is 0 Å². The Morgan fingerprint density at radius 1 is 1.28 bits per heavy atom. The van der Waals surface area contributed by atoms with Crippen LogP contribution in [0.1, 0.15) is 36.8 Å². The van der Waals surface area contributed by atoms with Crippen molar-refractivity contribution in [2.45, 2.75) is 37.6 Å². The highest BCUT2D eigenvalue weighted by molar-refractivity contribution is 5.84. The van der Waals surface area contributed by atoms with Gasteiger partial charge in [-0.05, 0) is 49.9 Å². The van der Waals surface area contributed by atoms with E-state index in [0.29, 0.717) is 0 Å². The molecule has 0 unspecified atom stereocenters. The van der Waals surface area contributed by atoms with Crippen LogP contribution in [0.15, 0.2) is 24.3 Å². The lowest BCUT2D eigenvalue weighted by Gasteiger charge is -2.16. The number of carboxylic acid groups (broad SMARTS) is 1. The van der Waals surface area contributed by atoms with Gasteiger partial charge in [-0.2, -0.15) is 0 Å². The molecule has 0 amide bonds. The third kappa shape index (κ3) is 2.03. The number of hydrogen-bond acceptors (Lipinski definition) is 2. The van der Waals surface area contributed by atoms with Gasteiger partial charge in [-0.3, -0.25) is 9.69 Å². The van der Waals surface area contributed by atoms with E-state index in [9.17, 15) is 9.90 Å². The SMILES string of the molecule is O=C(O)C1(c2cccc(CN3CCCC3)c2)CC1. The van der Waals surface area contributed by atoms with Gasteiger partial charge in [0, 0.05) is 6.54 Å². The molecule has 0 bridgehead atoms. The van der Waals surface area contributed by atoms with Gasteiger partial charge in [0.15, 0.2) is 0 Å². The Bertz CT molecular complexity index is 459. The van der Waals surface area contributed by atoms with Crippen LogP contribution in [0.3, 0.4) is 0 Å². The van der Waals surface area contributed by atoms with Crippen molar-refractivity contribution in [2.24, 2.45) is 0 Å². The van der Waals surface area contributed by atoms with E-state index >= 15 is 0 Å². The molecule has 3 rings (SSSR count). The van der Waals surface area contributed by atoms with Gasteiger partial charge in [0.25, 0.3) is 0 Å². The molecule has 0 spiro atoms. The molecule has 3 heteroatoms. The predicted molar refractivity (Wildman–Crippen MR) is 69.5 cm³/mol. The summed E-state index contributed by atoms with van der Waals surface area (Å²) in [5, 5.41) is 9.32. The number of carbonyl (C=O) groups is 1. The molecule has 0 radical (unpaired) electrons. The molecule has 1 N–H and O–H groups in total. The highest BCUT2D eigenvalue weighted by Crippen LogP contribution is 2.48. The maximum atomic E-state index is 11.3. The van der Waals surface area contributed by atoms with Crippen molar-refractivity contribution < 1.29 is 9.90 Å². The number of rotatable bonds is 4. The largest absolute Gasteiger partial charge is 0.481 e. The fraction of sp³-hybridized carbons (Fsp3) is 0.533. The van der Waals surface area contributed by atoms with E-state index in [1.807, 2.05) is 12.1 Å². The number of benzene rings is 1. The molecule has 0 atom stereocenters. The van der Waals surface area contributed by atoms with Crippen LogP contribution in [-0.2, 0) is 16.8 Å². The Morgan fingerprint density at radius 2 is 2.00 bits per heavy atom. The zero-order valence-corrected chi connectivity index (χ0v) is 10.6. The zero-order chi connectivity index (χ0) is 12.6. The van der Waals surface area contributed by atoms with Crippen LogP contribution in [0.2, 0.25) is 0 Å². The standard InChI is InChI=1S/C15H19NO2/c17-14(18)15(6-7-15)13-5-3-4-12(10-13)11-16-8-1-2-9-16/h3-5,10H,1-2,6-9,11H2,(H,17,18). The van der Waals surface area contributed by atoms with Crippen LogP contribution in [0.5, 0.6) is 0 Å². The summed E-state index contributed by atoms with van der Waals surface area (Å²) in [6, 6.07) is 8.18. The molecule has 1 aliphatic carbocycles. The molecule has 1 heterocycles. The van der Waals surface area contributed by atoms with E-state index in [4.69, 9.17) is 0 Å². The molecule has 2 fully saturated rings. The van der Waals surface area contributed by atoms with Crippen molar-refractivity contribution in [3.05, 3.63) is 35.4 Å². The molecule has 18 heavy (non-hydrogen) atoms. The number of hydrogen-bond donors (Lipinski definition) is 1. The van der Waals surface area contributed by atoms with Gasteiger partial charge in [0.05, 0.1) is 5.41 Å². The first-order chi connectivity index (χ1) is 8.71. The highest BCUT2D eigenvalue weighted by Gasteiger charge is 2.51. The van der Waals surface area contributed by atoms with Gasteiger partial charge < -0.3 is 5.11 Å². The summed E-state index contributed by atoms with van der Waals surface area (Å²) < 4.78 is 0. The van der Waals surface area contributed by atoms with Crippen LogP contribution in [-0.4, -0.2) is 29.1 Å². The minimum Gasteiger partial charge on any atom is -0.481 e. The average Bonchev–Trinajstić information content (AvgIpc) is 3.04. The first-order valence-corrected chi connectivity index (χ1v) is 6.76. The van der Waals surface area contributed by atoms with E-state index in [1.165, 1.54) is 31.5 Å². The van der Waals surface area contributed by atoms with Crippen LogP contribution in [0.4, 0.5) is 0 Å². The molecule has 1 saturated carbocycles.